The van der Waals surface area contributed by atoms with Gasteiger partial charge in [-0.15, -0.1) is 0 Å². The van der Waals surface area contributed by atoms with E-state index in [0.29, 0.717) is 11.5 Å². The van der Waals surface area contributed by atoms with Crippen molar-refractivity contribution in [1.82, 2.24) is 4.98 Å². The van der Waals surface area contributed by atoms with Gasteiger partial charge in [-0.2, -0.15) is 0 Å². The van der Waals surface area contributed by atoms with Crippen molar-refractivity contribution in [3.63, 3.8) is 0 Å². The molecule has 1 aromatic heterocycles. The van der Waals surface area contributed by atoms with Gasteiger partial charge in [0.25, 0.3) is 0 Å². The summed E-state index contributed by atoms with van der Waals surface area (Å²) in [5.41, 5.74) is 6.74. The lowest BCUT2D eigenvalue weighted by molar-refractivity contribution is 0.0594. The number of nitrogens with two attached hydrogens (primary N) is 1. The molecular formula is C13H19N3O3. The number of methoxy groups -OCH3 is 1. The van der Waals surface area contributed by atoms with Crippen LogP contribution in [0.4, 0.5) is 11.5 Å². The molecule has 0 aromatic carbocycles. The van der Waals surface area contributed by atoms with Crippen LogP contribution in [0.1, 0.15) is 23.8 Å². The van der Waals surface area contributed by atoms with Crippen LogP contribution in [0.15, 0.2) is 12.1 Å². The van der Waals surface area contributed by atoms with Crippen LogP contribution >= 0.6 is 0 Å². The Morgan fingerprint density at radius 1 is 1.58 bits per heavy atom. The Balaban J connectivity index is 2.30. The van der Waals surface area contributed by atoms with E-state index < -0.39 is 5.97 Å². The minimum Gasteiger partial charge on any atom is -0.464 e. The largest absolute Gasteiger partial charge is 0.464 e. The Bertz CT molecular complexity index is 478. The number of pyridine rings is 1. The van der Waals surface area contributed by atoms with Crippen LogP contribution in [0.25, 0.3) is 0 Å². The number of carbonyl (C=O) groups is 1. The highest BCUT2D eigenvalue weighted by Crippen LogP contribution is 2.27. The molecule has 2 heterocycles. The molecule has 2 N–H and O–H groups in total. The van der Waals surface area contributed by atoms with Crippen molar-refractivity contribution in [2.24, 2.45) is 0 Å². The van der Waals surface area contributed by atoms with Gasteiger partial charge in [-0.05, 0) is 25.5 Å². The predicted octanol–water partition coefficient (Wildman–Crippen LogP) is 1.06. The highest BCUT2D eigenvalue weighted by atomic mass is 16.5. The van der Waals surface area contributed by atoms with Gasteiger partial charge < -0.3 is 20.1 Å². The van der Waals surface area contributed by atoms with Crippen molar-refractivity contribution in [2.45, 2.75) is 25.5 Å². The van der Waals surface area contributed by atoms with E-state index in [9.17, 15) is 4.79 Å². The Hall–Kier alpha value is -1.82. The molecule has 0 spiro atoms. The third-order valence-electron chi connectivity index (χ3n) is 3.47. The Labute approximate surface area is 112 Å². The second-order valence-corrected chi connectivity index (χ2v) is 4.64. The van der Waals surface area contributed by atoms with E-state index in [4.69, 9.17) is 10.5 Å². The van der Waals surface area contributed by atoms with E-state index in [1.807, 2.05) is 18.9 Å². The van der Waals surface area contributed by atoms with Crippen molar-refractivity contribution in [3.8, 4) is 0 Å². The summed E-state index contributed by atoms with van der Waals surface area (Å²) in [7, 11) is 3.24. The van der Waals surface area contributed by atoms with Crippen molar-refractivity contribution >= 4 is 17.5 Å². The Morgan fingerprint density at radius 2 is 2.32 bits per heavy atom. The molecule has 1 aliphatic heterocycles. The van der Waals surface area contributed by atoms with E-state index in [1.54, 1.807) is 12.1 Å². The summed E-state index contributed by atoms with van der Waals surface area (Å²) in [4.78, 5) is 17.8. The molecule has 0 amide bonds. The van der Waals surface area contributed by atoms with Gasteiger partial charge in [0.15, 0.2) is 11.5 Å². The van der Waals surface area contributed by atoms with Gasteiger partial charge in [0, 0.05) is 13.7 Å². The number of esters is 1. The maximum Gasteiger partial charge on any atom is 0.356 e. The van der Waals surface area contributed by atoms with E-state index in [1.165, 1.54) is 7.11 Å². The zero-order valence-corrected chi connectivity index (χ0v) is 11.4. The summed E-state index contributed by atoms with van der Waals surface area (Å²) in [6.45, 7) is 2.75. The highest BCUT2D eigenvalue weighted by molar-refractivity contribution is 5.88. The molecule has 0 radical (unpaired) electrons. The van der Waals surface area contributed by atoms with Crippen LogP contribution in [0.3, 0.4) is 0 Å². The summed E-state index contributed by atoms with van der Waals surface area (Å²) in [6.07, 6.45) is 1.04. The lowest BCUT2D eigenvalue weighted by Crippen LogP contribution is -2.37. The number of carbonyl (C=O) groups excluding carboxylic acids is 1. The molecule has 1 saturated heterocycles. The third-order valence-corrected chi connectivity index (χ3v) is 3.47. The monoisotopic (exact) mass is 265 g/mol. The summed E-state index contributed by atoms with van der Waals surface area (Å²) in [5.74, 6) is 0.121. The van der Waals surface area contributed by atoms with E-state index in [0.717, 1.165) is 13.0 Å². The molecule has 6 nitrogen and oxygen atoms in total. The first-order valence-electron chi connectivity index (χ1n) is 6.24. The summed E-state index contributed by atoms with van der Waals surface area (Å²) < 4.78 is 10.2. The first kappa shape index (κ1) is 13.6. The number of nitrogen functional groups attached to an aromatic ring is 1. The van der Waals surface area contributed by atoms with Gasteiger partial charge in [0.1, 0.15) is 0 Å². The van der Waals surface area contributed by atoms with Crippen molar-refractivity contribution in [3.05, 3.63) is 17.8 Å². The average Bonchev–Trinajstić information content (AvgIpc) is 2.84. The van der Waals surface area contributed by atoms with Gasteiger partial charge in [0.2, 0.25) is 0 Å². The Kier molecular flexibility index (Phi) is 3.90. The molecule has 1 aromatic rings. The second kappa shape index (κ2) is 5.44. The van der Waals surface area contributed by atoms with Crippen LogP contribution in [0, 0.1) is 0 Å². The van der Waals surface area contributed by atoms with Crippen LogP contribution in [-0.4, -0.2) is 43.9 Å². The second-order valence-electron chi connectivity index (χ2n) is 4.64. The molecule has 1 aliphatic rings. The molecular weight excluding hydrogens is 246 g/mol. The number of aromatic nitrogens is 1. The van der Waals surface area contributed by atoms with Crippen LogP contribution < -0.4 is 10.6 Å². The molecule has 1 fully saturated rings. The van der Waals surface area contributed by atoms with Crippen LogP contribution in [0.2, 0.25) is 0 Å². The minimum absolute atomic E-state index is 0.119. The maximum atomic E-state index is 11.5. The molecule has 6 heteroatoms. The van der Waals surface area contributed by atoms with Crippen LogP contribution in [0.5, 0.6) is 0 Å². The number of likely N-dealkylation sites (N-methyl/N-ethyl adjacent to an activating group) is 1. The first-order valence-corrected chi connectivity index (χ1v) is 6.24. The molecule has 0 saturated carbocycles. The van der Waals surface area contributed by atoms with Gasteiger partial charge >= 0.3 is 5.97 Å². The summed E-state index contributed by atoms with van der Waals surface area (Å²) in [5, 5.41) is 0. The third kappa shape index (κ3) is 2.63. The van der Waals surface area contributed by atoms with Crippen molar-refractivity contribution in [1.29, 1.82) is 0 Å². The van der Waals surface area contributed by atoms with E-state index in [-0.39, 0.29) is 17.8 Å². The SMILES string of the molecule is COC(=O)c1ccc(N)c(N(C)C2CCOC2C)n1. The lowest BCUT2D eigenvalue weighted by atomic mass is 10.1. The molecule has 19 heavy (non-hydrogen) atoms. The number of anilines is 2. The molecule has 2 unspecified atom stereocenters. The zero-order chi connectivity index (χ0) is 14.0. The molecule has 0 bridgehead atoms. The van der Waals surface area contributed by atoms with Gasteiger partial charge in [-0.25, -0.2) is 9.78 Å². The number of nitrogens with zero attached hydrogens (tertiary/aromatic N) is 2. The maximum absolute atomic E-state index is 11.5. The summed E-state index contributed by atoms with van der Waals surface area (Å²) in [6, 6.07) is 3.45. The smallest absolute Gasteiger partial charge is 0.356 e. The molecule has 0 aliphatic carbocycles. The first-order chi connectivity index (χ1) is 9.04. The van der Waals surface area contributed by atoms with Gasteiger partial charge in [-0.3, -0.25) is 0 Å². The molecule has 2 rings (SSSR count). The van der Waals surface area contributed by atoms with Crippen LogP contribution in [-0.2, 0) is 9.47 Å². The lowest BCUT2D eigenvalue weighted by Gasteiger charge is -2.28. The number of hydrogen-bond donors (Lipinski definition) is 1. The average molecular weight is 265 g/mol. The van der Waals surface area contributed by atoms with Gasteiger partial charge in [0.05, 0.1) is 24.9 Å². The summed E-state index contributed by atoms with van der Waals surface area (Å²) >= 11 is 0. The minimum atomic E-state index is -0.467. The van der Waals surface area contributed by atoms with Crippen molar-refractivity contribution in [2.75, 3.05) is 31.4 Å². The molecule has 104 valence electrons. The van der Waals surface area contributed by atoms with Crippen molar-refractivity contribution < 1.29 is 14.3 Å². The standard InChI is InChI=1S/C13H19N3O3/c1-8-11(6-7-19-8)16(2)12-9(14)4-5-10(15-12)13(17)18-3/h4-5,8,11H,6-7,14H2,1-3H3. The van der Waals surface area contributed by atoms with E-state index in [2.05, 4.69) is 9.72 Å². The fraction of sp³-hybridized carbons (Fsp3) is 0.538. The van der Waals surface area contributed by atoms with E-state index >= 15 is 0 Å². The predicted molar refractivity (Wildman–Crippen MR) is 72.2 cm³/mol. The highest BCUT2D eigenvalue weighted by Gasteiger charge is 2.29. The molecule has 2 atom stereocenters. The quantitative estimate of drug-likeness (QED) is 0.823. The number of ether oxygens (including phenoxy) is 2. The fourth-order valence-corrected chi connectivity index (χ4v) is 2.35. The Morgan fingerprint density at radius 3 is 2.89 bits per heavy atom. The normalized spacial score (nSPS) is 22.3. The van der Waals surface area contributed by atoms with Gasteiger partial charge in [-0.1, -0.05) is 0 Å². The zero-order valence-electron chi connectivity index (χ0n) is 11.4. The number of rotatable bonds is 3. The topological polar surface area (TPSA) is 77.7 Å². The number of hydrogen-bond acceptors (Lipinski definition) is 6. The fourth-order valence-electron chi connectivity index (χ4n) is 2.35.